The van der Waals surface area contributed by atoms with Crippen molar-refractivity contribution in [1.82, 2.24) is 25.1 Å². The van der Waals surface area contributed by atoms with Gasteiger partial charge in [0, 0.05) is 26.8 Å². The number of aromatic nitrogens is 2. The van der Waals surface area contributed by atoms with Gasteiger partial charge in [-0.25, -0.2) is 9.78 Å². The van der Waals surface area contributed by atoms with Crippen LogP contribution in [-0.4, -0.2) is 83.3 Å². The molecule has 2 atom stereocenters. The number of likely N-dealkylation sites (N-methyl/N-ethyl adjacent to an activating group) is 1. The first-order valence-corrected chi connectivity index (χ1v) is 15.7. The van der Waals surface area contributed by atoms with Gasteiger partial charge in [0.15, 0.2) is 5.82 Å². The summed E-state index contributed by atoms with van der Waals surface area (Å²) >= 11 is 0. The third kappa shape index (κ3) is 11.7. The second kappa shape index (κ2) is 16.8. The number of nitrogens with one attached hydrogen (secondary N) is 3. The lowest BCUT2D eigenvalue weighted by atomic mass is 9.94. The van der Waals surface area contributed by atoms with Gasteiger partial charge in [0.1, 0.15) is 22.9 Å². The van der Waals surface area contributed by atoms with Crippen LogP contribution in [-0.2, 0) is 37.0 Å². The molecule has 1 unspecified atom stereocenters. The molecule has 2 aromatic carbocycles. The number of rotatable bonds is 15. The summed E-state index contributed by atoms with van der Waals surface area (Å²) < 4.78 is 18.1. The molecule has 48 heavy (non-hydrogen) atoms. The minimum atomic E-state index is -1.41. The van der Waals surface area contributed by atoms with Gasteiger partial charge in [0.2, 0.25) is 11.8 Å². The molecular weight excluding hydrogens is 616 g/mol. The molecule has 0 fully saturated rings. The zero-order valence-electron chi connectivity index (χ0n) is 29.0. The average Bonchev–Trinajstić information content (AvgIpc) is 3.46. The summed E-state index contributed by atoms with van der Waals surface area (Å²) in [6.45, 7) is 8.68. The Morgan fingerprint density at radius 3 is 2.23 bits per heavy atom. The molecule has 0 aliphatic carbocycles. The Kier molecular flexibility index (Phi) is 13.1. The number of carbonyl (C=O) groups excluding carboxylic acids is 4. The van der Waals surface area contributed by atoms with Crippen molar-refractivity contribution in [2.45, 2.75) is 77.3 Å². The highest BCUT2D eigenvalue weighted by Crippen LogP contribution is 2.25. The first-order chi connectivity index (χ1) is 22.6. The number of aryl methyl sites for hydroxylation is 1. The number of imidazole rings is 1. The number of nitrogens with zero attached hydrogens (tertiary/aromatic N) is 3. The van der Waals surface area contributed by atoms with Crippen LogP contribution < -0.4 is 20.7 Å². The third-order valence-electron chi connectivity index (χ3n) is 7.22. The predicted molar refractivity (Wildman–Crippen MR) is 181 cm³/mol. The number of benzene rings is 2. The summed E-state index contributed by atoms with van der Waals surface area (Å²) in [6, 6.07) is 15.7. The van der Waals surface area contributed by atoms with Crippen LogP contribution in [0.4, 0.5) is 10.6 Å². The van der Waals surface area contributed by atoms with Crippen molar-refractivity contribution in [3.05, 3.63) is 78.2 Å². The normalized spacial score (nSPS) is 12.8. The fourth-order valence-corrected chi connectivity index (χ4v) is 4.63. The fourth-order valence-electron chi connectivity index (χ4n) is 4.63. The standard InChI is InChI=1S/C35H48N6O7/c1-34(2,3)48-33(45)39-35(4,5)32(44)37-28(22-47-21-24-12-10-9-11-13-24)30(42)38-29-20-41(23-36-29)19-18-27(31(43)40(6)7)25-14-16-26(46-8)17-15-25/h9-17,20,23,27-28H,18-19,21-22H2,1-8H3,(H,37,44)(H,38,42)(H,39,45)/t27?,28-/m1/s1. The molecular formula is C35H48N6O7. The van der Waals surface area contributed by atoms with Crippen molar-refractivity contribution >= 4 is 29.6 Å². The number of ether oxygens (including phenoxy) is 3. The number of anilines is 1. The first kappa shape index (κ1) is 37.5. The van der Waals surface area contributed by atoms with Crippen LogP contribution in [0, 0.1) is 0 Å². The van der Waals surface area contributed by atoms with Crippen LogP contribution in [0.15, 0.2) is 67.1 Å². The summed E-state index contributed by atoms with van der Waals surface area (Å²) in [5.74, 6) is -0.649. The van der Waals surface area contributed by atoms with E-state index in [0.29, 0.717) is 18.7 Å². The zero-order valence-corrected chi connectivity index (χ0v) is 29.0. The van der Waals surface area contributed by atoms with Crippen molar-refractivity contribution in [2.24, 2.45) is 0 Å². The molecule has 0 saturated heterocycles. The molecule has 1 aromatic heterocycles. The number of methoxy groups -OCH3 is 1. The van der Waals surface area contributed by atoms with Gasteiger partial charge in [-0.15, -0.1) is 0 Å². The molecule has 1 heterocycles. The quantitative estimate of drug-likeness (QED) is 0.220. The summed E-state index contributed by atoms with van der Waals surface area (Å²) in [7, 11) is 5.03. The second-order valence-electron chi connectivity index (χ2n) is 13.1. The Bertz CT molecular complexity index is 1510. The Morgan fingerprint density at radius 1 is 0.958 bits per heavy atom. The molecule has 260 valence electrons. The highest BCUT2D eigenvalue weighted by molar-refractivity contribution is 5.98. The van der Waals surface area contributed by atoms with Gasteiger partial charge in [-0.2, -0.15) is 0 Å². The van der Waals surface area contributed by atoms with Crippen LogP contribution in [0.25, 0.3) is 0 Å². The lowest BCUT2D eigenvalue weighted by molar-refractivity contribution is -0.131. The average molecular weight is 665 g/mol. The summed E-state index contributed by atoms with van der Waals surface area (Å²) in [5.41, 5.74) is -0.408. The molecule has 0 saturated carbocycles. The Balaban J connectivity index is 1.70. The molecule has 13 heteroatoms. The molecule has 0 aliphatic rings. The first-order valence-electron chi connectivity index (χ1n) is 15.7. The van der Waals surface area contributed by atoms with Crippen LogP contribution in [0.1, 0.15) is 58.1 Å². The molecule has 3 aromatic rings. The van der Waals surface area contributed by atoms with Gasteiger partial charge < -0.3 is 39.6 Å². The van der Waals surface area contributed by atoms with Crippen LogP contribution in [0.3, 0.4) is 0 Å². The minimum Gasteiger partial charge on any atom is -0.497 e. The van der Waals surface area contributed by atoms with Crippen molar-refractivity contribution in [3.8, 4) is 5.75 Å². The van der Waals surface area contributed by atoms with E-state index in [1.54, 1.807) is 64.0 Å². The smallest absolute Gasteiger partial charge is 0.408 e. The van der Waals surface area contributed by atoms with Crippen molar-refractivity contribution in [2.75, 3.05) is 33.1 Å². The molecule has 0 aliphatic heterocycles. The van der Waals surface area contributed by atoms with Crippen LogP contribution in [0.2, 0.25) is 0 Å². The van der Waals surface area contributed by atoms with Gasteiger partial charge in [0.25, 0.3) is 5.91 Å². The van der Waals surface area contributed by atoms with E-state index in [1.807, 2.05) is 54.6 Å². The topological polar surface area (TPSA) is 153 Å². The molecule has 3 rings (SSSR count). The van der Waals surface area contributed by atoms with E-state index in [2.05, 4.69) is 20.9 Å². The Hall–Kier alpha value is -4.91. The number of alkyl carbamates (subject to hydrolysis) is 1. The molecule has 4 amide bonds. The summed E-state index contributed by atoms with van der Waals surface area (Å²) in [6.07, 6.45) is 2.93. The van der Waals surface area contributed by atoms with E-state index in [4.69, 9.17) is 14.2 Å². The molecule has 13 nitrogen and oxygen atoms in total. The van der Waals surface area contributed by atoms with Crippen LogP contribution >= 0.6 is 0 Å². The lowest BCUT2D eigenvalue weighted by Crippen LogP contribution is -2.59. The maximum Gasteiger partial charge on any atom is 0.408 e. The summed E-state index contributed by atoms with van der Waals surface area (Å²) in [5, 5.41) is 7.99. The second-order valence-corrected chi connectivity index (χ2v) is 13.1. The minimum absolute atomic E-state index is 0.0352. The van der Waals surface area contributed by atoms with Crippen LogP contribution in [0.5, 0.6) is 5.75 Å². The predicted octanol–water partition coefficient (Wildman–Crippen LogP) is 4.10. The molecule has 0 bridgehead atoms. The van der Waals surface area contributed by atoms with Crippen molar-refractivity contribution in [3.63, 3.8) is 0 Å². The SMILES string of the molecule is COc1ccc(C(CCn2cnc(NC(=O)[C@@H](COCc3ccccc3)NC(=O)C(C)(C)NC(=O)OC(C)(C)C)c2)C(=O)N(C)C)cc1. The third-order valence-corrected chi connectivity index (χ3v) is 7.22. The highest BCUT2D eigenvalue weighted by Gasteiger charge is 2.34. The van der Waals surface area contributed by atoms with E-state index in [1.165, 1.54) is 13.8 Å². The Morgan fingerprint density at radius 2 is 1.62 bits per heavy atom. The van der Waals surface area contributed by atoms with E-state index >= 15 is 0 Å². The van der Waals surface area contributed by atoms with E-state index in [0.717, 1.165) is 11.1 Å². The monoisotopic (exact) mass is 664 g/mol. The van der Waals surface area contributed by atoms with Gasteiger partial charge in [-0.1, -0.05) is 42.5 Å². The zero-order chi connectivity index (χ0) is 35.5. The molecule has 3 N–H and O–H groups in total. The van der Waals surface area contributed by atoms with E-state index in [-0.39, 0.29) is 24.9 Å². The number of hydrogen-bond acceptors (Lipinski definition) is 8. The maximum absolute atomic E-state index is 13.5. The lowest BCUT2D eigenvalue weighted by Gasteiger charge is -2.29. The van der Waals surface area contributed by atoms with Gasteiger partial charge in [0.05, 0.1) is 32.6 Å². The molecule has 0 radical (unpaired) electrons. The van der Waals surface area contributed by atoms with Crippen molar-refractivity contribution < 1.29 is 33.4 Å². The molecule has 0 spiro atoms. The maximum atomic E-state index is 13.5. The van der Waals surface area contributed by atoms with Gasteiger partial charge in [-0.05, 0) is 64.3 Å². The number of hydrogen-bond donors (Lipinski definition) is 3. The van der Waals surface area contributed by atoms with Gasteiger partial charge >= 0.3 is 6.09 Å². The number of amides is 4. The van der Waals surface area contributed by atoms with Gasteiger partial charge in [-0.3, -0.25) is 14.4 Å². The van der Waals surface area contributed by atoms with Crippen molar-refractivity contribution in [1.29, 1.82) is 0 Å². The van der Waals surface area contributed by atoms with E-state index < -0.39 is 41.0 Å². The highest BCUT2D eigenvalue weighted by atomic mass is 16.6. The Labute approximate surface area is 282 Å². The summed E-state index contributed by atoms with van der Waals surface area (Å²) in [4.78, 5) is 58.1. The fraction of sp³-hybridized carbons (Fsp3) is 0.457. The van der Waals surface area contributed by atoms with E-state index in [9.17, 15) is 19.2 Å². The number of carbonyl (C=O) groups is 4. The largest absolute Gasteiger partial charge is 0.497 e.